The van der Waals surface area contributed by atoms with Crippen LogP contribution in [-0.4, -0.2) is 31.0 Å². The maximum Gasteiger partial charge on any atom is 0.380 e. The molecule has 0 radical (unpaired) electrons. The second-order valence-electron chi connectivity index (χ2n) is 7.66. The zero-order valence-corrected chi connectivity index (χ0v) is 19.1. The fraction of sp³-hybridized carbons (Fsp3) is 0.250. The molecule has 0 aliphatic carbocycles. The predicted molar refractivity (Wildman–Crippen MR) is 122 cm³/mol. The normalized spacial score (nSPS) is 11.8. The van der Waals surface area contributed by atoms with Gasteiger partial charge in [-0.1, -0.05) is 24.3 Å². The van der Waals surface area contributed by atoms with Crippen LogP contribution in [0.1, 0.15) is 30.5 Å². The molecule has 31 heavy (non-hydrogen) atoms. The van der Waals surface area contributed by atoms with Crippen molar-refractivity contribution < 1.29 is 12.6 Å². The second kappa shape index (κ2) is 9.14. The highest BCUT2D eigenvalue weighted by molar-refractivity contribution is 7.98. The Bertz CT molecular complexity index is 1220. The summed E-state index contributed by atoms with van der Waals surface area (Å²) in [6.07, 6.45) is 3.15. The highest BCUT2D eigenvalue weighted by Gasteiger charge is 2.21. The zero-order chi connectivity index (χ0) is 22.6. The van der Waals surface area contributed by atoms with Gasteiger partial charge in [0.1, 0.15) is 26.3 Å². The summed E-state index contributed by atoms with van der Waals surface area (Å²) in [6.45, 7) is 4.35. The van der Waals surface area contributed by atoms with Gasteiger partial charge < -0.3 is 4.18 Å². The molecule has 160 valence electrons. The van der Waals surface area contributed by atoms with Crippen molar-refractivity contribution in [3.05, 3.63) is 65.7 Å². The molecule has 0 bridgehead atoms. The third-order valence-electron chi connectivity index (χ3n) is 4.62. The number of benzene rings is 2. The Morgan fingerprint density at radius 3 is 2.61 bits per heavy atom. The average Bonchev–Trinajstić information content (AvgIpc) is 3.20. The van der Waals surface area contributed by atoms with E-state index in [-0.39, 0.29) is 5.75 Å². The fourth-order valence-electron chi connectivity index (χ4n) is 2.96. The lowest BCUT2D eigenvalue weighted by Crippen LogP contribution is -2.22. The Morgan fingerprint density at radius 1 is 1.26 bits per heavy atom. The first-order chi connectivity index (χ1) is 14.6. The maximum atomic E-state index is 11.1. The maximum absolute atomic E-state index is 11.1. The van der Waals surface area contributed by atoms with Crippen LogP contribution in [0.3, 0.4) is 0 Å². The molecular formula is C20H22BN5O3S2. The minimum atomic E-state index is -4.06. The summed E-state index contributed by atoms with van der Waals surface area (Å²) in [4.78, 5) is 4.94. The van der Waals surface area contributed by atoms with E-state index in [1.807, 2.05) is 32.0 Å². The molecule has 2 N–H and O–H groups in total. The van der Waals surface area contributed by atoms with Crippen molar-refractivity contribution in [1.82, 2.24) is 14.8 Å². The fourth-order valence-corrected chi connectivity index (χ4v) is 4.32. The van der Waals surface area contributed by atoms with E-state index in [0.29, 0.717) is 17.8 Å². The van der Waals surface area contributed by atoms with Gasteiger partial charge in [-0.25, -0.2) is 9.67 Å². The van der Waals surface area contributed by atoms with Crippen LogP contribution >= 0.6 is 11.8 Å². The Morgan fingerprint density at radius 2 is 2.00 bits per heavy atom. The van der Waals surface area contributed by atoms with E-state index < -0.39 is 15.7 Å². The Balaban J connectivity index is 1.82. The van der Waals surface area contributed by atoms with Gasteiger partial charge in [0.2, 0.25) is 0 Å². The van der Waals surface area contributed by atoms with Crippen LogP contribution in [-0.2, 0) is 28.0 Å². The molecule has 2 aromatic carbocycles. The van der Waals surface area contributed by atoms with Gasteiger partial charge in [0.15, 0.2) is 0 Å². The van der Waals surface area contributed by atoms with Crippen molar-refractivity contribution >= 4 is 35.4 Å². The van der Waals surface area contributed by atoms with Crippen LogP contribution in [0, 0.1) is 11.3 Å². The molecule has 0 aliphatic rings. The van der Waals surface area contributed by atoms with E-state index >= 15 is 0 Å². The van der Waals surface area contributed by atoms with Gasteiger partial charge >= 0.3 is 10.3 Å². The quantitative estimate of drug-likeness (QED) is 0.401. The van der Waals surface area contributed by atoms with Gasteiger partial charge in [0.05, 0.1) is 18.0 Å². The van der Waals surface area contributed by atoms with Gasteiger partial charge in [0.25, 0.3) is 0 Å². The lowest BCUT2D eigenvalue weighted by atomic mass is 9.84. The largest absolute Gasteiger partial charge is 0.380 e. The third kappa shape index (κ3) is 6.34. The van der Waals surface area contributed by atoms with Crippen molar-refractivity contribution in [2.75, 3.05) is 0 Å². The van der Waals surface area contributed by atoms with Crippen LogP contribution in [0.4, 0.5) is 0 Å². The van der Waals surface area contributed by atoms with E-state index in [1.54, 1.807) is 42.8 Å². The predicted octanol–water partition coefficient (Wildman–Crippen LogP) is 1.26. The average molecular weight is 455 g/mol. The van der Waals surface area contributed by atoms with Crippen molar-refractivity contribution in [1.29, 1.82) is 5.26 Å². The first-order valence-electron chi connectivity index (χ1n) is 9.38. The standard InChI is InChI=1S/C20H22BN5O3S2/c1-20(2,11-22)16-6-14(9-26-13-24-12-25-26)5-15(7-16)10-30-17-3-4-19(18(21)8-17)29-31(23,27)28/h3-8,12-13H,9-10,21H2,1-2H3,(H2,23,27,28). The van der Waals surface area contributed by atoms with E-state index in [1.165, 1.54) is 6.33 Å². The van der Waals surface area contributed by atoms with Crippen molar-refractivity contribution in [2.24, 2.45) is 5.14 Å². The zero-order valence-electron chi connectivity index (χ0n) is 17.4. The Hall–Kier alpha value is -2.81. The van der Waals surface area contributed by atoms with Crippen LogP contribution in [0.25, 0.3) is 0 Å². The first-order valence-corrected chi connectivity index (χ1v) is 11.8. The highest BCUT2D eigenvalue weighted by Crippen LogP contribution is 2.29. The summed E-state index contributed by atoms with van der Waals surface area (Å²) in [6, 6.07) is 13.8. The molecule has 0 spiro atoms. The number of nitrogens with zero attached hydrogens (tertiary/aromatic N) is 4. The number of thioether (sulfide) groups is 1. The minimum Gasteiger partial charge on any atom is -0.372 e. The Labute approximate surface area is 187 Å². The number of nitrogens with two attached hydrogens (primary N) is 1. The van der Waals surface area contributed by atoms with E-state index in [2.05, 4.69) is 22.2 Å². The molecule has 8 nitrogen and oxygen atoms in total. The van der Waals surface area contributed by atoms with Crippen LogP contribution < -0.4 is 14.8 Å². The summed E-state index contributed by atoms with van der Waals surface area (Å²) < 4.78 is 28.8. The molecule has 0 fully saturated rings. The molecule has 0 amide bonds. The van der Waals surface area contributed by atoms with Crippen molar-refractivity contribution in [3.8, 4) is 11.8 Å². The molecule has 1 heterocycles. The first kappa shape index (κ1) is 22.9. The topological polar surface area (TPSA) is 124 Å². The molecule has 1 aromatic heterocycles. The summed E-state index contributed by atoms with van der Waals surface area (Å²) >= 11 is 1.60. The molecule has 0 aliphatic heterocycles. The number of rotatable bonds is 8. The van der Waals surface area contributed by atoms with Crippen molar-refractivity contribution in [2.45, 2.75) is 36.5 Å². The van der Waals surface area contributed by atoms with Crippen LogP contribution in [0.2, 0.25) is 0 Å². The highest BCUT2D eigenvalue weighted by atomic mass is 32.2. The van der Waals surface area contributed by atoms with Gasteiger partial charge in [-0.15, -0.1) is 11.8 Å². The smallest absolute Gasteiger partial charge is 0.372 e. The van der Waals surface area contributed by atoms with Gasteiger partial charge in [-0.3, -0.25) is 0 Å². The molecule has 0 unspecified atom stereocenters. The lowest BCUT2D eigenvalue weighted by molar-refractivity contribution is 0.489. The Kier molecular flexibility index (Phi) is 6.74. The number of hydrogen-bond acceptors (Lipinski definition) is 7. The number of hydrogen-bond donors (Lipinski definition) is 1. The van der Waals surface area contributed by atoms with Crippen molar-refractivity contribution in [3.63, 3.8) is 0 Å². The molecular weight excluding hydrogens is 433 g/mol. The minimum absolute atomic E-state index is 0.208. The molecule has 3 rings (SSSR count). The van der Waals surface area contributed by atoms with Gasteiger partial charge in [0, 0.05) is 10.6 Å². The summed E-state index contributed by atoms with van der Waals surface area (Å²) in [5, 5.41) is 18.7. The molecule has 0 atom stereocenters. The van der Waals surface area contributed by atoms with Crippen LogP contribution in [0.15, 0.2) is 53.9 Å². The van der Waals surface area contributed by atoms with Gasteiger partial charge in [-0.05, 0) is 48.1 Å². The molecule has 11 heteroatoms. The molecule has 0 saturated heterocycles. The SMILES string of the molecule is Bc1cc(SCc2cc(Cn3cncn3)cc(C(C)(C)C#N)c2)ccc1OS(N)(=O)=O. The monoisotopic (exact) mass is 455 g/mol. The summed E-state index contributed by atoms with van der Waals surface area (Å²) in [5.74, 6) is 0.883. The number of nitriles is 1. The molecule has 3 aromatic rings. The summed E-state index contributed by atoms with van der Waals surface area (Å²) in [5.41, 5.74) is 3.10. The van der Waals surface area contributed by atoms with E-state index in [4.69, 9.17) is 9.32 Å². The van der Waals surface area contributed by atoms with E-state index in [9.17, 15) is 13.7 Å². The number of aromatic nitrogens is 3. The lowest BCUT2D eigenvalue weighted by Gasteiger charge is -2.19. The van der Waals surface area contributed by atoms with Crippen LogP contribution in [0.5, 0.6) is 5.75 Å². The third-order valence-corrected chi connectivity index (χ3v) is 6.10. The summed E-state index contributed by atoms with van der Waals surface area (Å²) in [7, 11) is -2.30. The second-order valence-corrected chi connectivity index (χ2v) is 9.86. The van der Waals surface area contributed by atoms with E-state index in [0.717, 1.165) is 21.6 Å². The molecule has 0 saturated carbocycles. The van der Waals surface area contributed by atoms with Gasteiger partial charge in [-0.2, -0.15) is 23.9 Å².